The van der Waals surface area contributed by atoms with E-state index in [4.69, 9.17) is 10.5 Å². The number of nitrogens with two attached hydrogens (primary N) is 1. The minimum absolute atomic E-state index is 0. The molecule has 23 heavy (non-hydrogen) atoms. The molecule has 0 spiro atoms. The Morgan fingerprint density at radius 1 is 1.00 bits per heavy atom. The van der Waals surface area contributed by atoms with Crippen LogP contribution in [-0.2, 0) is 0 Å². The summed E-state index contributed by atoms with van der Waals surface area (Å²) in [5, 5.41) is 0. The summed E-state index contributed by atoms with van der Waals surface area (Å²) >= 11 is 0. The summed E-state index contributed by atoms with van der Waals surface area (Å²) in [6.45, 7) is 0. The molecule has 3 nitrogen and oxygen atoms in total. The highest BCUT2D eigenvalue weighted by molar-refractivity contribution is 5.85. The van der Waals surface area contributed by atoms with Crippen molar-refractivity contribution < 1.29 is 27.0 Å². The van der Waals surface area contributed by atoms with Gasteiger partial charge in [0.1, 0.15) is 5.75 Å². The predicted molar refractivity (Wildman–Crippen MR) is 79.4 cm³/mol. The zero-order chi connectivity index (χ0) is 16.3. The van der Waals surface area contributed by atoms with E-state index in [1.807, 2.05) is 0 Å². The number of rotatable bonds is 4. The molecule has 0 aliphatic carbocycles. The Balaban J connectivity index is 0.00000264. The summed E-state index contributed by atoms with van der Waals surface area (Å²) in [6, 6.07) is 8.70. The van der Waals surface area contributed by atoms with Crippen molar-refractivity contribution >= 4 is 12.4 Å². The van der Waals surface area contributed by atoms with Crippen molar-refractivity contribution in [3.05, 3.63) is 59.4 Å². The molecule has 0 heterocycles. The first-order valence-electron chi connectivity index (χ1n) is 6.25. The largest absolute Gasteiger partial charge is 0.573 e. The Hall–Kier alpha value is -1.99. The highest BCUT2D eigenvalue weighted by Crippen LogP contribution is 2.28. The summed E-state index contributed by atoms with van der Waals surface area (Å²) in [7, 11) is 1.33. The van der Waals surface area contributed by atoms with Crippen LogP contribution >= 0.6 is 12.4 Å². The van der Waals surface area contributed by atoms with Gasteiger partial charge in [0.25, 0.3) is 0 Å². The lowest BCUT2D eigenvalue weighted by atomic mass is 9.99. The molecule has 0 aliphatic rings. The van der Waals surface area contributed by atoms with Gasteiger partial charge in [-0.2, -0.15) is 0 Å². The molecule has 0 bridgehead atoms. The van der Waals surface area contributed by atoms with Gasteiger partial charge in [0.05, 0.1) is 13.2 Å². The van der Waals surface area contributed by atoms with Crippen LogP contribution in [0.3, 0.4) is 0 Å². The van der Waals surface area contributed by atoms with Gasteiger partial charge in [-0.1, -0.05) is 18.2 Å². The predicted octanol–water partition coefficient (Wildman–Crippen LogP) is 4.20. The summed E-state index contributed by atoms with van der Waals surface area (Å²) in [5.41, 5.74) is 7.16. The highest BCUT2D eigenvalue weighted by Gasteiger charge is 2.31. The number of benzene rings is 2. The van der Waals surface area contributed by atoms with Crippen LogP contribution in [0.2, 0.25) is 0 Å². The molecule has 0 saturated carbocycles. The van der Waals surface area contributed by atoms with E-state index >= 15 is 0 Å². The van der Waals surface area contributed by atoms with Gasteiger partial charge in [0.2, 0.25) is 0 Å². The van der Waals surface area contributed by atoms with E-state index in [9.17, 15) is 17.6 Å². The summed E-state index contributed by atoms with van der Waals surface area (Å²) in [5.74, 6) is -0.808. The fourth-order valence-electron chi connectivity index (χ4n) is 1.94. The Kier molecular flexibility index (Phi) is 6.23. The van der Waals surface area contributed by atoms with Gasteiger partial charge in [-0.05, 0) is 35.4 Å². The van der Waals surface area contributed by atoms with Crippen LogP contribution in [0, 0.1) is 5.82 Å². The fraction of sp³-hybridized carbons (Fsp3) is 0.200. The van der Waals surface area contributed by atoms with Crippen LogP contribution in [0.15, 0.2) is 42.5 Å². The molecule has 0 aromatic heterocycles. The van der Waals surface area contributed by atoms with E-state index in [2.05, 4.69) is 4.74 Å². The molecule has 0 saturated heterocycles. The lowest BCUT2D eigenvalue weighted by Crippen LogP contribution is -2.17. The van der Waals surface area contributed by atoms with Crippen molar-refractivity contribution in [3.63, 3.8) is 0 Å². The summed E-state index contributed by atoms with van der Waals surface area (Å²) in [4.78, 5) is 0. The number of methoxy groups -OCH3 is 1. The average molecular weight is 352 g/mol. The Morgan fingerprint density at radius 3 is 2.09 bits per heavy atom. The molecular weight excluding hydrogens is 338 g/mol. The Labute approximate surface area is 136 Å². The minimum Gasteiger partial charge on any atom is -0.494 e. The zero-order valence-electron chi connectivity index (χ0n) is 11.9. The maximum Gasteiger partial charge on any atom is 0.573 e. The third-order valence-electron chi connectivity index (χ3n) is 3.01. The first-order chi connectivity index (χ1) is 10.3. The van der Waals surface area contributed by atoms with Crippen molar-refractivity contribution in [1.29, 1.82) is 0 Å². The molecule has 0 aliphatic heterocycles. The van der Waals surface area contributed by atoms with Gasteiger partial charge in [-0.25, -0.2) is 4.39 Å². The van der Waals surface area contributed by atoms with Crippen molar-refractivity contribution in [1.82, 2.24) is 0 Å². The molecule has 2 rings (SSSR count). The fourth-order valence-corrected chi connectivity index (χ4v) is 1.94. The lowest BCUT2D eigenvalue weighted by Gasteiger charge is -2.15. The van der Waals surface area contributed by atoms with Gasteiger partial charge in [0.15, 0.2) is 11.6 Å². The van der Waals surface area contributed by atoms with E-state index in [-0.39, 0.29) is 23.9 Å². The van der Waals surface area contributed by atoms with Crippen LogP contribution in [-0.4, -0.2) is 13.5 Å². The second kappa shape index (κ2) is 7.52. The second-order valence-electron chi connectivity index (χ2n) is 4.49. The third kappa shape index (κ3) is 5.01. The summed E-state index contributed by atoms with van der Waals surface area (Å²) in [6.07, 6.45) is -4.74. The average Bonchev–Trinajstić information content (AvgIpc) is 2.46. The van der Waals surface area contributed by atoms with Crippen molar-refractivity contribution in [2.45, 2.75) is 12.4 Å². The molecule has 0 fully saturated rings. The smallest absolute Gasteiger partial charge is 0.494 e. The first kappa shape index (κ1) is 19.1. The Morgan fingerprint density at radius 2 is 1.57 bits per heavy atom. The summed E-state index contributed by atoms with van der Waals surface area (Å²) < 4.78 is 58.3. The molecule has 2 aromatic rings. The molecule has 2 N–H and O–H groups in total. The molecule has 0 unspecified atom stereocenters. The number of hydrogen-bond acceptors (Lipinski definition) is 3. The maximum absolute atomic E-state index is 13.4. The molecule has 126 valence electrons. The molecule has 0 amide bonds. The van der Waals surface area contributed by atoms with Crippen LogP contribution in [0.5, 0.6) is 11.5 Å². The van der Waals surface area contributed by atoms with Crippen molar-refractivity contribution in [2.24, 2.45) is 5.73 Å². The van der Waals surface area contributed by atoms with Crippen LogP contribution < -0.4 is 15.2 Å². The topological polar surface area (TPSA) is 44.5 Å². The van der Waals surface area contributed by atoms with E-state index in [0.717, 1.165) is 0 Å². The van der Waals surface area contributed by atoms with Crippen molar-refractivity contribution in [3.8, 4) is 11.5 Å². The van der Waals surface area contributed by atoms with Crippen LogP contribution in [0.25, 0.3) is 0 Å². The monoisotopic (exact) mass is 351 g/mol. The molecular formula is C15H14ClF4NO2. The van der Waals surface area contributed by atoms with E-state index < -0.39 is 18.2 Å². The normalized spacial score (nSPS) is 12.3. The SMILES string of the molecule is COc1cc([C@H](N)c2ccc(OC(F)(F)F)cc2)ccc1F.Cl. The zero-order valence-corrected chi connectivity index (χ0v) is 12.7. The lowest BCUT2D eigenvalue weighted by molar-refractivity contribution is -0.274. The number of hydrogen-bond donors (Lipinski definition) is 1. The van der Waals surface area contributed by atoms with Gasteiger partial charge < -0.3 is 15.2 Å². The van der Waals surface area contributed by atoms with E-state index in [1.165, 1.54) is 49.6 Å². The standard InChI is InChI=1S/C15H13F4NO2.ClH/c1-21-13-8-10(4-7-12(13)16)14(20)9-2-5-11(6-3-9)22-15(17,18)19;/h2-8,14H,20H2,1H3;1H/t14-;/m1./s1. The van der Waals surface area contributed by atoms with E-state index in [0.29, 0.717) is 11.1 Å². The number of alkyl halides is 3. The minimum atomic E-state index is -4.74. The van der Waals surface area contributed by atoms with Gasteiger partial charge in [0, 0.05) is 0 Å². The van der Waals surface area contributed by atoms with Gasteiger partial charge >= 0.3 is 6.36 Å². The van der Waals surface area contributed by atoms with Crippen molar-refractivity contribution in [2.75, 3.05) is 7.11 Å². The van der Waals surface area contributed by atoms with Crippen LogP contribution in [0.4, 0.5) is 17.6 Å². The quantitative estimate of drug-likeness (QED) is 0.839. The molecule has 0 radical (unpaired) electrons. The number of halogens is 5. The number of ether oxygens (including phenoxy) is 2. The molecule has 2 aromatic carbocycles. The highest BCUT2D eigenvalue weighted by atomic mass is 35.5. The molecule has 1 atom stereocenters. The van der Waals surface area contributed by atoms with Crippen LogP contribution in [0.1, 0.15) is 17.2 Å². The Bertz CT molecular complexity index is 647. The third-order valence-corrected chi connectivity index (χ3v) is 3.01. The maximum atomic E-state index is 13.4. The molecule has 8 heteroatoms. The first-order valence-corrected chi connectivity index (χ1v) is 6.25. The second-order valence-corrected chi connectivity index (χ2v) is 4.49. The van der Waals surface area contributed by atoms with Gasteiger partial charge in [-0.3, -0.25) is 0 Å². The van der Waals surface area contributed by atoms with Gasteiger partial charge in [-0.15, -0.1) is 25.6 Å². The van der Waals surface area contributed by atoms with E-state index in [1.54, 1.807) is 0 Å².